The minimum atomic E-state index is -3.40. The number of nitrogens with one attached hydrogen (secondary N) is 2. The predicted octanol–water partition coefficient (Wildman–Crippen LogP) is 1.95. The van der Waals surface area contributed by atoms with E-state index in [-0.39, 0.29) is 4.90 Å². The van der Waals surface area contributed by atoms with Gasteiger partial charge >= 0.3 is 0 Å². The molecule has 5 nitrogen and oxygen atoms in total. The van der Waals surface area contributed by atoms with Crippen LogP contribution in [0.4, 0.5) is 5.69 Å². The predicted molar refractivity (Wildman–Crippen MR) is 83.8 cm³/mol. The van der Waals surface area contributed by atoms with Gasteiger partial charge in [0.2, 0.25) is 10.0 Å². The van der Waals surface area contributed by atoms with E-state index < -0.39 is 15.6 Å². The lowest BCUT2D eigenvalue weighted by atomic mass is 9.79. The second kappa shape index (κ2) is 6.34. The van der Waals surface area contributed by atoms with E-state index in [1.54, 1.807) is 24.3 Å². The van der Waals surface area contributed by atoms with Crippen LogP contribution in [0.25, 0.3) is 0 Å². The van der Waals surface area contributed by atoms with Gasteiger partial charge in [0.1, 0.15) is 0 Å². The monoisotopic (exact) mass is 312 g/mol. The van der Waals surface area contributed by atoms with Crippen molar-refractivity contribution in [2.24, 2.45) is 5.92 Å². The summed E-state index contributed by atoms with van der Waals surface area (Å²) in [5, 5.41) is 13.7. The number of hydrogen-bond acceptors (Lipinski definition) is 4. The third-order valence-corrected chi connectivity index (χ3v) is 5.69. The lowest BCUT2D eigenvalue weighted by molar-refractivity contribution is 0.00501. The topological polar surface area (TPSA) is 78.4 Å². The summed E-state index contributed by atoms with van der Waals surface area (Å²) < 4.78 is 25.5. The number of benzene rings is 1. The first-order valence-electron chi connectivity index (χ1n) is 7.34. The second-order valence-electron chi connectivity index (χ2n) is 5.99. The molecule has 2 rings (SSSR count). The molecule has 1 saturated carbocycles. The molecule has 0 atom stereocenters. The zero-order chi connectivity index (χ0) is 15.5. The second-order valence-corrected chi connectivity index (χ2v) is 7.88. The Labute approximate surface area is 126 Å². The van der Waals surface area contributed by atoms with Crippen molar-refractivity contribution in [2.75, 3.05) is 18.9 Å². The lowest BCUT2D eigenvalue weighted by Gasteiger charge is -2.35. The quantitative estimate of drug-likeness (QED) is 0.776. The number of rotatable bonds is 5. The van der Waals surface area contributed by atoms with Crippen LogP contribution in [-0.4, -0.2) is 32.7 Å². The molecule has 0 aromatic heterocycles. The van der Waals surface area contributed by atoms with Gasteiger partial charge in [-0.25, -0.2) is 13.1 Å². The van der Waals surface area contributed by atoms with Crippen LogP contribution in [0.2, 0.25) is 0 Å². The van der Waals surface area contributed by atoms with E-state index in [9.17, 15) is 13.5 Å². The van der Waals surface area contributed by atoms with Crippen LogP contribution < -0.4 is 10.0 Å². The van der Waals surface area contributed by atoms with Gasteiger partial charge in [-0.3, -0.25) is 0 Å². The van der Waals surface area contributed by atoms with Crippen molar-refractivity contribution in [3.63, 3.8) is 0 Å². The molecule has 1 aromatic rings. The zero-order valence-electron chi connectivity index (χ0n) is 12.6. The van der Waals surface area contributed by atoms with Crippen molar-refractivity contribution in [3.8, 4) is 0 Å². The molecular formula is C15H24N2O3S. The summed E-state index contributed by atoms with van der Waals surface area (Å²) in [4.78, 5) is 0.237. The summed E-state index contributed by atoms with van der Waals surface area (Å²) in [5.74, 6) is 0.691. The Kier molecular flexibility index (Phi) is 4.91. The van der Waals surface area contributed by atoms with Gasteiger partial charge in [-0.05, 0) is 62.9 Å². The minimum Gasteiger partial charge on any atom is -0.388 e. The molecule has 1 aromatic carbocycles. The van der Waals surface area contributed by atoms with E-state index in [0.29, 0.717) is 12.5 Å². The average molecular weight is 312 g/mol. The fourth-order valence-electron chi connectivity index (χ4n) is 2.61. The molecule has 1 fully saturated rings. The van der Waals surface area contributed by atoms with Crippen molar-refractivity contribution in [1.82, 2.24) is 4.72 Å². The SMILES string of the molecule is CNS(=O)(=O)c1ccc(NCC2(O)CCC(C)CC2)cc1. The van der Waals surface area contributed by atoms with Crippen LogP contribution in [0.1, 0.15) is 32.6 Å². The van der Waals surface area contributed by atoms with Crippen LogP contribution in [0.15, 0.2) is 29.2 Å². The van der Waals surface area contributed by atoms with E-state index in [2.05, 4.69) is 17.0 Å². The first-order valence-corrected chi connectivity index (χ1v) is 8.83. The molecule has 0 aliphatic heterocycles. The first-order chi connectivity index (χ1) is 9.85. The Balaban J connectivity index is 1.95. The molecule has 0 heterocycles. The Morgan fingerprint density at radius 2 is 1.81 bits per heavy atom. The molecule has 21 heavy (non-hydrogen) atoms. The van der Waals surface area contributed by atoms with Gasteiger partial charge < -0.3 is 10.4 Å². The smallest absolute Gasteiger partial charge is 0.240 e. The molecule has 6 heteroatoms. The van der Waals surface area contributed by atoms with E-state index in [0.717, 1.165) is 31.4 Å². The number of sulfonamides is 1. The Morgan fingerprint density at radius 3 is 2.33 bits per heavy atom. The number of aliphatic hydroxyl groups is 1. The van der Waals surface area contributed by atoms with Crippen molar-refractivity contribution in [3.05, 3.63) is 24.3 Å². The molecule has 1 aliphatic rings. The highest BCUT2D eigenvalue weighted by atomic mass is 32.2. The largest absolute Gasteiger partial charge is 0.388 e. The van der Waals surface area contributed by atoms with Gasteiger partial charge in [-0.15, -0.1) is 0 Å². The molecule has 3 N–H and O–H groups in total. The lowest BCUT2D eigenvalue weighted by Crippen LogP contribution is -2.40. The summed E-state index contributed by atoms with van der Waals surface area (Å²) in [5.41, 5.74) is 0.166. The highest BCUT2D eigenvalue weighted by Crippen LogP contribution is 2.32. The van der Waals surface area contributed by atoms with Gasteiger partial charge in [0, 0.05) is 12.2 Å². The van der Waals surface area contributed by atoms with Gasteiger partial charge in [0.15, 0.2) is 0 Å². The zero-order valence-corrected chi connectivity index (χ0v) is 13.4. The molecule has 118 valence electrons. The van der Waals surface area contributed by atoms with Crippen molar-refractivity contribution < 1.29 is 13.5 Å². The minimum absolute atomic E-state index is 0.237. The Hall–Kier alpha value is -1.11. The molecule has 1 aliphatic carbocycles. The molecule has 0 radical (unpaired) electrons. The summed E-state index contributed by atoms with van der Waals surface area (Å²) in [6.07, 6.45) is 3.73. The average Bonchev–Trinajstić information content (AvgIpc) is 2.49. The Bertz CT molecular complexity index is 561. The third-order valence-electron chi connectivity index (χ3n) is 4.26. The normalized spacial score (nSPS) is 26.5. The summed E-state index contributed by atoms with van der Waals surface area (Å²) >= 11 is 0. The van der Waals surface area contributed by atoms with Crippen LogP contribution >= 0.6 is 0 Å². The van der Waals surface area contributed by atoms with Crippen LogP contribution in [0.3, 0.4) is 0 Å². The molecule has 0 bridgehead atoms. The molecule has 0 saturated heterocycles. The summed E-state index contributed by atoms with van der Waals surface area (Å²) in [7, 11) is -2.01. The Morgan fingerprint density at radius 1 is 1.24 bits per heavy atom. The standard InChI is InChI=1S/C15H24N2O3S/c1-12-7-9-15(18,10-8-12)11-17-13-3-5-14(6-4-13)21(19,20)16-2/h3-6,12,16-18H,7-11H2,1-2H3. The first kappa shape index (κ1) is 16.3. The van der Waals surface area contributed by atoms with Crippen molar-refractivity contribution >= 4 is 15.7 Å². The van der Waals surface area contributed by atoms with E-state index in [4.69, 9.17) is 0 Å². The summed E-state index contributed by atoms with van der Waals surface area (Å²) in [6.45, 7) is 2.71. The van der Waals surface area contributed by atoms with Gasteiger partial charge in [0.05, 0.1) is 10.5 Å². The maximum Gasteiger partial charge on any atom is 0.240 e. The van der Waals surface area contributed by atoms with Crippen LogP contribution in [0.5, 0.6) is 0 Å². The van der Waals surface area contributed by atoms with Crippen molar-refractivity contribution in [1.29, 1.82) is 0 Å². The summed E-state index contributed by atoms with van der Waals surface area (Å²) in [6, 6.07) is 6.56. The van der Waals surface area contributed by atoms with Gasteiger partial charge in [-0.1, -0.05) is 6.92 Å². The molecular weight excluding hydrogens is 288 g/mol. The van der Waals surface area contributed by atoms with Crippen LogP contribution in [-0.2, 0) is 10.0 Å². The fourth-order valence-corrected chi connectivity index (χ4v) is 3.34. The van der Waals surface area contributed by atoms with E-state index in [1.165, 1.54) is 7.05 Å². The number of hydrogen-bond donors (Lipinski definition) is 3. The third kappa shape index (κ3) is 4.18. The fraction of sp³-hybridized carbons (Fsp3) is 0.600. The highest BCUT2D eigenvalue weighted by Gasteiger charge is 2.31. The molecule has 0 amide bonds. The molecule has 0 spiro atoms. The van der Waals surface area contributed by atoms with E-state index >= 15 is 0 Å². The highest BCUT2D eigenvalue weighted by molar-refractivity contribution is 7.89. The van der Waals surface area contributed by atoms with Gasteiger partial charge in [-0.2, -0.15) is 0 Å². The van der Waals surface area contributed by atoms with Crippen LogP contribution in [0, 0.1) is 5.92 Å². The maximum absolute atomic E-state index is 11.6. The number of anilines is 1. The van der Waals surface area contributed by atoms with E-state index in [1.807, 2.05) is 0 Å². The maximum atomic E-state index is 11.6. The van der Waals surface area contributed by atoms with Gasteiger partial charge in [0.25, 0.3) is 0 Å². The molecule has 0 unspecified atom stereocenters. The van der Waals surface area contributed by atoms with Crippen molar-refractivity contribution in [2.45, 2.75) is 43.1 Å².